The Morgan fingerprint density at radius 3 is 2.00 bits per heavy atom. The molecule has 1 amide bonds. The van der Waals surface area contributed by atoms with Crippen LogP contribution in [0.25, 0.3) is 0 Å². The van der Waals surface area contributed by atoms with E-state index in [1.54, 1.807) is 39.0 Å². The van der Waals surface area contributed by atoms with E-state index in [1.807, 2.05) is 0 Å². The molecule has 12 heteroatoms. The number of carbonyl (C=O) groups excluding carboxylic acids is 1. The maximum atomic E-state index is 12.6. The van der Waals surface area contributed by atoms with Crippen LogP contribution in [-0.4, -0.2) is 39.0 Å². The van der Waals surface area contributed by atoms with Crippen molar-refractivity contribution in [3.8, 4) is 0 Å². The van der Waals surface area contributed by atoms with Gasteiger partial charge < -0.3 is 5.32 Å². The third kappa shape index (κ3) is 6.49. The second-order valence-corrected chi connectivity index (χ2v) is 10.9. The van der Waals surface area contributed by atoms with Crippen molar-refractivity contribution in [2.75, 3.05) is 21.0 Å². The highest BCUT2D eigenvalue weighted by molar-refractivity contribution is 7.92. The standard InChI is InChI=1S/C21H23N5O5S2/c1-13-5-6-16(12-19(13)25-32(4,28)29)20(27)24-17-7-9-18(10-8-17)33(30,31)26-21-22-14(2)11-15(3)23-21/h5-12,25H,1-4H3,(H,24,27)(H,22,23,26). The molecule has 0 fully saturated rings. The Labute approximate surface area is 192 Å². The molecule has 0 aliphatic heterocycles. The third-order valence-electron chi connectivity index (χ3n) is 4.43. The Hall–Kier alpha value is -3.51. The summed E-state index contributed by atoms with van der Waals surface area (Å²) in [6.07, 6.45) is 1.02. The summed E-state index contributed by atoms with van der Waals surface area (Å²) in [5.41, 5.74) is 2.81. The lowest BCUT2D eigenvalue weighted by Crippen LogP contribution is -2.16. The number of anilines is 3. The van der Waals surface area contributed by atoms with E-state index in [-0.39, 0.29) is 16.4 Å². The topological polar surface area (TPSA) is 147 Å². The number of hydrogen-bond acceptors (Lipinski definition) is 7. The quantitative estimate of drug-likeness (QED) is 0.462. The second kappa shape index (κ2) is 9.16. The average molecular weight is 490 g/mol. The van der Waals surface area contributed by atoms with Crippen LogP contribution in [-0.2, 0) is 20.0 Å². The number of amides is 1. The molecular weight excluding hydrogens is 466 g/mol. The van der Waals surface area contributed by atoms with Gasteiger partial charge in [-0.25, -0.2) is 31.5 Å². The SMILES string of the molecule is Cc1cc(C)nc(NS(=O)(=O)c2ccc(NC(=O)c3ccc(C)c(NS(C)(=O)=O)c3)cc2)n1. The number of sulfonamides is 2. The fourth-order valence-electron chi connectivity index (χ4n) is 2.94. The smallest absolute Gasteiger partial charge is 0.264 e. The Bertz CT molecular complexity index is 1400. The zero-order chi connectivity index (χ0) is 24.4. The average Bonchev–Trinajstić information content (AvgIpc) is 2.68. The highest BCUT2D eigenvalue weighted by Crippen LogP contribution is 2.21. The molecule has 0 aliphatic rings. The van der Waals surface area contributed by atoms with Crippen molar-refractivity contribution in [3.05, 3.63) is 71.0 Å². The van der Waals surface area contributed by atoms with Gasteiger partial charge in [-0.3, -0.25) is 9.52 Å². The number of hydrogen-bond donors (Lipinski definition) is 3. The molecule has 0 saturated heterocycles. The van der Waals surface area contributed by atoms with E-state index in [9.17, 15) is 21.6 Å². The zero-order valence-electron chi connectivity index (χ0n) is 18.4. The number of nitrogens with one attached hydrogen (secondary N) is 3. The van der Waals surface area contributed by atoms with E-state index in [1.165, 1.54) is 30.3 Å². The second-order valence-electron chi connectivity index (χ2n) is 7.46. The first-order valence-corrected chi connectivity index (χ1v) is 13.0. The zero-order valence-corrected chi connectivity index (χ0v) is 20.0. The van der Waals surface area contributed by atoms with Gasteiger partial charge in [-0.1, -0.05) is 6.07 Å². The third-order valence-corrected chi connectivity index (χ3v) is 6.36. The van der Waals surface area contributed by atoms with Gasteiger partial charge in [0.15, 0.2) is 0 Å². The number of rotatable bonds is 7. The molecule has 0 aliphatic carbocycles. The minimum absolute atomic E-state index is 0.0252. The minimum atomic E-state index is -3.92. The fourth-order valence-corrected chi connectivity index (χ4v) is 4.51. The van der Waals surface area contributed by atoms with E-state index >= 15 is 0 Å². The van der Waals surface area contributed by atoms with E-state index in [4.69, 9.17) is 0 Å². The van der Waals surface area contributed by atoms with Crippen LogP contribution in [0, 0.1) is 20.8 Å². The van der Waals surface area contributed by atoms with Gasteiger partial charge in [0.25, 0.3) is 15.9 Å². The summed E-state index contributed by atoms with van der Waals surface area (Å²) in [4.78, 5) is 20.7. The highest BCUT2D eigenvalue weighted by Gasteiger charge is 2.17. The number of benzene rings is 2. The molecule has 10 nitrogen and oxygen atoms in total. The summed E-state index contributed by atoms with van der Waals surface area (Å²) in [5.74, 6) is -0.508. The molecule has 0 atom stereocenters. The molecule has 0 bridgehead atoms. The molecule has 3 aromatic rings. The summed E-state index contributed by atoms with van der Waals surface area (Å²) < 4.78 is 53.0. The molecule has 3 N–H and O–H groups in total. The predicted molar refractivity (Wildman–Crippen MR) is 126 cm³/mol. The largest absolute Gasteiger partial charge is 0.322 e. The van der Waals surface area contributed by atoms with Crippen molar-refractivity contribution in [3.63, 3.8) is 0 Å². The van der Waals surface area contributed by atoms with Crippen molar-refractivity contribution in [1.29, 1.82) is 0 Å². The maximum absolute atomic E-state index is 12.6. The van der Waals surface area contributed by atoms with E-state index in [0.29, 0.717) is 28.3 Å². The van der Waals surface area contributed by atoms with Gasteiger partial charge in [-0.2, -0.15) is 0 Å². The molecule has 1 aromatic heterocycles. The van der Waals surface area contributed by atoms with Gasteiger partial charge in [0.2, 0.25) is 16.0 Å². The van der Waals surface area contributed by atoms with Gasteiger partial charge in [0, 0.05) is 22.6 Å². The van der Waals surface area contributed by atoms with E-state index in [0.717, 1.165) is 6.26 Å². The summed E-state index contributed by atoms with van der Waals surface area (Å²) in [7, 11) is -7.43. The maximum Gasteiger partial charge on any atom is 0.264 e. The number of aromatic nitrogens is 2. The fraction of sp³-hybridized carbons (Fsp3) is 0.190. The highest BCUT2D eigenvalue weighted by atomic mass is 32.2. The van der Waals surface area contributed by atoms with Crippen LogP contribution in [0.2, 0.25) is 0 Å². The number of nitrogens with zero attached hydrogens (tertiary/aromatic N) is 2. The van der Waals surface area contributed by atoms with Crippen molar-refractivity contribution in [2.24, 2.45) is 0 Å². The predicted octanol–water partition coefficient (Wildman–Crippen LogP) is 2.83. The van der Waals surface area contributed by atoms with E-state index in [2.05, 4.69) is 24.7 Å². The molecule has 0 saturated carbocycles. The van der Waals surface area contributed by atoms with Crippen LogP contribution < -0.4 is 14.8 Å². The van der Waals surface area contributed by atoms with Crippen LogP contribution in [0.4, 0.5) is 17.3 Å². The van der Waals surface area contributed by atoms with Crippen molar-refractivity contribution in [1.82, 2.24) is 9.97 Å². The Balaban J connectivity index is 1.75. The monoisotopic (exact) mass is 489 g/mol. The molecular formula is C21H23N5O5S2. The number of aryl methyl sites for hydroxylation is 3. The van der Waals surface area contributed by atoms with Crippen molar-refractivity contribution >= 4 is 43.3 Å². The van der Waals surface area contributed by atoms with Gasteiger partial charge in [0.05, 0.1) is 16.8 Å². The molecule has 2 aromatic carbocycles. The molecule has 174 valence electrons. The molecule has 0 unspecified atom stereocenters. The minimum Gasteiger partial charge on any atom is -0.322 e. The molecule has 0 spiro atoms. The Kier molecular flexibility index (Phi) is 6.70. The lowest BCUT2D eigenvalue weighted by Gasteiger charge is -2.11. The molecule has 33 heavy (non-hydrogen) atoms. The Morgan fingerprint density at radius 1 is 0.818 bits per heavy atom. The van der Waals surface area contributed by atoms with Gasteiger partial charge >= 0.3 is 0 Å². The normalized spacial score (nSPS) is 11.6. The van der Waals surface area contributed by atoms with Crippen LogP contribution in [0.1, 0.15) is 27.3 Å². The van der Waals surface area contributed by atoms with Crippen LogP contribution in [0.5, 0.6) is 0 Å². The summed E-state index contributed by atoms with van der Waals surface area (Å²) in [5, 5.41) is 2.65. The summed E-state index contributed by atoms with van der Waals surface area (Å²) in [6.45, 7) is 5.18. The lowest BCUT2D eigenvalue weighted by atomic mass is 10.1. The first-order chi connectivity index (χ1) is 15.3. The first-order valence-electron chi connectivity index (χ1n) is 9.67. The molecule has 3 rings (SSSR count). The van der Waals surface area contributed by atoms with Crippen molar-refractivity contribution < 1.29 is 21.6 Å². The number of carbonyl (C=O) groups is 1. The van der Waals surface area contributed by atoms with Crippen LogP contribution >= 0.6 is 0 Å². The summed E-state index contributed by atoms with van der Waals surface area (Å²) >= 11 is 0. The first kappa shape index (κ1) is 24.1. The van der Waals surface area contributed by atoms with E-state index < -0.39 is 26.0 Å². The Morgan fingerprint density at radius 2 is 1.42 bits per heavy atom. The lowest BCUT2D eigenvalue weighted by molar-refractivity contribution is 0.102. The van der Waals surface area contributed by atoms with Crippen LogP contribution in [0.3, 0.4) is 0 Å². The van der Waals surface area contributed by atoms with Crippen molar-refractivity contribution in [2.45, 2.75) is 25.7 Å². The van der Waals surface area contributed by atoms with Crippen LogP contribution in [0.15, 0.2) is 53.4 Å². The van der Waals surface area contributed by atoms with Gasteiger partial charge in [-0.05, 0) is 68.8 Å². The summed E-state index contributed by atoms with van der Waals surface area (Å²) in [6, 6.07) is 11.9. The van der Waals surface area contributed by atoms with Gasteiger partial charge in [0.1, 0.15) is 0 Å². The molecule has 1 heterocycles. The molecule has 0 radical (unpaired) electrons. The van der Waals surface area contributed by atoms with Gasteiger partial charge in [-0.15, -0.1) is 0 Å².